The molecular weight excluding hydrogens is 320 g/mol. The molecule has 1 rings (SSSR count). The van der Waals surface area contributed by atoms with Crippen LogP contribution in [0.1, 0.15) is 0 Å². The van der Waals surface area contributed by atoms with E-state index in [-0.39, 0.29) is 10.8 Å². The van der Waals surface area contributed by atoms with Crippen LogP contribution in [0.4, 0.5) is 0 Å². The molecule has 0 aliphatic rings. The van der Waals surface area contributed by atoms with E-state index in [0.29, 0.717) is 0 Å². The molecule has 0 saturated carbocycles. The van der Waals surface area contributed by atoms with Crippen LogP contribution in [-0.4, -0.2) is 63.1 Å². The molecule has 1 heterocycles. The summed E-state index contributed by atoms with van der Waals surface area (Å²) in [5.41, 5.74) is 0. The third-order valence-corrected chi connectivity index (χ3v) is 5.67. The van der Waals surface area contributed by atoms with Gasteiger partial charge in [-0.1, -0.05) is 6.07 Å². The minimum Gasteiger partial charge on any atom is -0.467 e. The van der Waals surface area contributed by atoms with Gasteiger partial charge in [-0.15, -0.1) is 11.3 Å². The van der Waals surface area contributed by atoms with E-state index < -0.39 is 34.5 Å². The zero-order valence-electron chi connectivity index (χ0n) is 11.5. The summed E-state index contributed by atoms with van der Waals surface area (Å²) in [5.74, 6) is -1.52. The molecule has 1 aromatic rings. The minimum atomic E-state index is -3.71. The normalized spacial score (nSPS) is 13.0. The average molecular weight is 336 g/mol. The Kier molecular flexibility index (Phi) is 6.27. The Bertz CT molecular complexity index is 584. The van der Waals surface area contributed by atoms with Crippen LogP contribution in [0.5, 0.6) is 0 Å². The number of likely N-dealkylation sites (N-methyl/N-ethyl adjacent to an activating group) is 1. The van der Waals surface area contributed by atoms with Crippen LogP contribution in [0.2, 0.25) is 0 Å². The third-order valence-electron chi connectivity index (χ3n) is 2.49. The van der Waals surface area contributed by atoms with E-state index in [2.05, 4.69) is 10.1 Å². The van der Waals surface area contributed by atoms with E-state index in [1.807, 2.05) is 0 Å². The van der Waals surface area contributed by atoms with Gasteiger partial charge in [0.1, 0.15) is 4.21 Å². The number of sulfonamides is 1. The smallest absolute Gasteiger partial charge is 0.336 e. The summed E-state index contributed by atoms with van der Waals surface area (Å²) in [6.45, 7) is -0.771. The van der Waals surface area contributed by atoms with Crippen molar-refractivity contribution in [2.45, 2.75) is 10.3 Å². The molecule has 0 aliphatic carbocycles. The number of ether oxygens (including phenoxy) is 1. The van der Waals surface area contributed by atoms with E-state index in [0.717, 1.165) is 22.8 Å². The van der Waals surface area contributed by atoms with Crippen LogP contribution in [-0.2, 0) is 24.3 Å². The lowest BCUT2D eigenvalue weighted by Gasteiger charge is -2.16. The summed E-state index contributed by atoms with van der Waals surface area (Å²) in [6.07, 6.45) is -1.49. The fourth-order valence-corrected chi connectivity index (χ4v) is 3.66. The first-order chi connectivity index (χ1) is 9.78. The van der Waals surface area contributed by atoms with Crippen LogP contribution in [0, 0.1) is 0 Å². The van der Waals surface area contributed by atoms with Crippen molar-refractivity contribution < 1.29 is 27.9 Å². The second-order valence-electron chi connectivity index (χ2n) is 4.04. The first kappa shape index (κ1) is 17.6. The number of carbonyl (C=O) groups excluding carboxylic acids is 2. The van der Waals surface area contributed by atoms with Crippen LogP contribution in [0.3, 0.4) is 0 Å². The lowest BCUT2D eigenvalue weighted by molar-refractivity contribution is -0.150. The number of amides is 1. The van der Waals surface area contributed by atoms with Gasteiger partial charge in [0.15, 0.2) is 6.10 Å². The van der Waals surface area contributed by atoms with E-state index in [1.54, 1.807) is 11.4 Å². The number of methoxy groups -OCH3 is 1. The highest BCUT2D eigenvalue weighted by molar-refractivity contribution is 7.91. The Morgan fingerprint density at radius 1 is 1.52 bits per heavy atom. The summed E-state index contributed by atoms with van der Waals surface area (Å²) in [6, 6.07) is 3.04. The summed E-state index contributed by atoms with van der Waals surface area (Å²) < 4.78 is 29.4. The monoisotopic (exact) mass is 336 g/mol. The van der Waals surface area contributed by atoms with Gasteiger partial charge in [-0.3, -0.25) is 4.79 Å². The molecule has 21 heavy (non-hydrogen) atoms. The summed E-state index contributed by atoms with van der Waals surface area (Å²) in [4.78, 5) is 22.5. The standard InChI is InChI=1S/C11H16N2O6S2/c1-13(21(17,18)10-4-3-5-20-10)7-9(15)12-6-8(14)11(16)19-2/h3-5,8,14H,6-7H2,1-2H3,(H,12,15). The molecule has 1 aromatic heterocycles. The lowest BCUT2D eigenvalue weighted by Crippen LogP contribution is -2.42. The van der Waals surface area contributed by atoms with Crippen molar-refractivity contribution in [2.24, 2.45) is 0 Å². The van der Waals surface area contributed by atoms with Crippen molar-refractivity contribution >= 4 is 33.2 Å². The van der Waals surface area contributed by atoms with Gasteiger partial charge in [-0.25, -0.2) is 13.2 Å². The fourth-order valence-electron chi connectivity index (χ4n) is 1.34. The molecule has 1 atom stereocenters. The molecule has 0 aliphatic heterocycles. The lowest BCUT2D eigenvalue weighted by atomic mass is 10.3. The van der Waals surface area contributed by atoms with Gasteiger partial charge in [0.05, 0.1) is 20.2 Å². The molecule has 0 radical (unpaired) electrons. The second kappa shape index (κ2) is 7.50. The molecular formula is C11H16N2O6S2. The second-order valence-corrected chi connectivity index (χ2v) is 7.26. The zero-order valence-corrected chi connectivity index (χ0v) is 13.1. The van der Waals surface area contributed by atoms with E-state index in [4.69, 9.17) is 0 Å². The molecule has 2 N–H and O–H groups in total. The van der Waals surface area contributed by atoms with Crippen molar-refractivity contribution in [1.29, 1.82) is 0 Å². The number of aliphatic hydroxyl groups excluding tert-OH is 1. The van der Waals surface area contributed by atoms with Gasteiger partial charge in [0, 0.05) is 7.05 Å². The molecule has 8 nitrogen and oxygen atoms in total. The van der Waals surface area contributed by atoms with Crippen LogP contribution >= 0.6 is 11.3 Å². The molecule has 0 saturated heterocycles. The van der Waals surface area contributed by atoms with Gasteiger partial charge in [-0.05, 0) is 11.4 Å². The van der Waals surface area contributed by atoms with Crippen molar-refractivity contribution in [1.82, 2.24) is 9.62 Å². The Balaban J connectivity index is 2.53. The first-order valence-electron chi connectivity index (χ1n) is 5.81. The predicted octanol–water partition coefficient (Wildman–Crippen LogP) is -0.981. The minimum absolute atomic E-state index is 0.132. The molecule has 0 spiro atoms. The highest BCUT2D eigenvalue weighted by Gasteiger charge is 2.24. The maximum atomic E-state index is 12.1. The van der Waals surface area contributed by atoms with Gasteiger partial charge in [-0.2, -0.15) is 4.31 Å². The van der Waals surface area contributed by atoms with Crippen LogP contribution in [0.25, 0.3) is 0 Å². The van der Waals surface area contributed by atoms with E-state index in [1.165, 1.54) is 13.1 Å². The van der Waals surface area contributed by atoms with Crippen molar-refractivity contribution in [3.05, 3.63) is 17.5 Å². The number of esters is 1. The maximum Gasteiger partial charge on any atom is 0.336 e. The van der Waals surface area contributed by atoms with Crippen LogP contribution in [0.15, 0.2) is 21.7 Å². The first-order valence-corrected chi connectivity index (χ1v) is 8.13. The largest absolute Gasteiger partial charge is 0.467 e. The number of nitrogens with one attached hydrogen (secondary N) is 1. The average Bonchev–Trinajstić information content (AvgIpc) is 2.98. The number of carbonyl (C=O) groups is 2. The summed E-state index contributed by atoms with van der Waals surface area (Å²) in [5, 5.41) is 13.2. The van der Waals surface area contributed by atoms with Crippen LogP contribution < -0.4 is 5.32 Å². The topological polar surface area (TPSA) is 113 Å². The number of aliphatic hydroxyl groups is 1. The van der Waals surface area contributed by atoms with Crippen molar-refractivity contribution in [3.63, 3.8) is 0 Å². The summed E-state index contributed by atoms with van der Waals surface area (Å²) >= 11 is 1.05. The molecule has 0 fully saturated rings. The van der Waals surface area contributed by atoms with E-state index >= 15 is 0 Å². The number of hydrogen-bond acceptors (Lipinski definition) is 7. The number of nitrogens with zero attached hydrogens (tertiary/aromatic N) is 1. The third kappa shape index (κ3) is 4.77. The fraction of sp³-hybridized carbons (Fsp3) is 0.455. The molecule has 1 amide bonds. The number of hydrogen-bond donors (Lipinski definition) is 2. The SMILES string of the molecule is COC(=O)C(O)CNC(=O)CN(C)S(=O)(=O)c1cccs1. The number of thiophene rings is 1. The summed E-state index contributed by atoms with van der Waals surface area (Å²) in [7, 11) is -1.34. The Morgan fingerprint density at radius 2 is 2.19 bits per heavy atom. The molecule has 1 unspecified atom stereocenters. The molecule has 0 bridgehead atoms. The number of rotatable bonds is 7. The van der Waals surface area contributed by atoms with Crippen molar-refractivity contribution in [2.75, 3.05) is 27.2 Å². The quantitative estimate of drug-likeness (QED) is 0.619. The molecule has 10 heteroatoms. The van der Waals surface area contributed by atoms with Gasteiger partial charge >= 0.3 is 5.97 Å². The van der Waals surface area contributed by atoms with Gasteiger partial charge in [0.25, 0.3) is 10.0 Å². The van der Waals surface area contributed by atoms with E-state index in [9.17, 15) is 23.1 Å². The van der Waals surface area contributed by atoms with Gasteiger partial charge < -0.3 is 15.2 Å². The Hall–Kier alpha value is -1.49. The highest BCUT2D eigenvalue weighted by atomic mass is 32.2. The molecule has 0 aromatic carbocycles. The highest BCUT2D eigenvalue weighted by Crippen LogP contribution is 2.19. The van der Waals surface area contributed by atoms with Gasteiger partial charge in [0.2, 0.25) is 5.91 Å². The van der Waals surface area contributed by atoms with Crippen molar-refractivity contribution in [3.8, 4) is 0 Å². The molecule has 118 valence electrons. The maximum absolute atomic E-state index is 12.1. The Morgan fingerprint density at radius 3 is 2.71 bits per heavy atom. The zero-order chi connectivity index (χ0) is 16.0. The predicted molar refractivity (Wildman–Crippen MR) is 75.2 cm³/mol. The Labute approximate surface area is 126 Å².